The molecule has 0 N–H and O–H groups in total. The summed E-state index contributed by atoms with van der Waals surface area (Å²) in [4.78, 5) is 56.3. The molecule has 9 heteroatoms. The summed E-state index contributed by atoms with van der Waals surface area (Å²) >= 11 is 0. The third-order valence-electron chi connectivity index (χ3n) is 6.41. The van der Waals surface area contributed by atoms with Crippen molar-refractivity contribution in [3.8, 4) is 0 Å². The van der Waals surface area contributed by atoms with Crippen LogP contribution in [0, 0.1) is 5.82 Å². The Morgan fingerprint density at radius 2 is 1.71 bits per heavy atom. The van der Waals surface area contributed by atoms with Gasteiger partial charge in [-0.2, -0.15) is 0 Å². The van der Waals surface area contributed by atoms with Crippen molar-refractivity contribution in [1.82, 2.24) is 9.80 Å². The molecule has 2 saturated heterocycles. The van der Waals surface area contributed by atoms with Gasteiger partial charge in [0.2, 0.25) is 23.6 Å². The molecule has 178 valence electrons. The first kappa shape index (κ1) is 23.6. The summed E-state index contributed by atoms with van der Waals surface area (Å²) in [5.74, 6) is -2.49. The standard InChI is InChI=1S/C25H26FN3O5/c1-34-14-13-29-22(31)16-25(24(29)33,19-9-5-6-10-20(19)26)15-21(30)27-11-12-28(23(32)17-27)18-7-3-2-4-8-18/h2-10H,11-17H2,1H3. The second-order valence-corrected chi connectivity index (χ2v) is 8.46. The fourth-order valence-corrected chi connectivity index (χ4v) is 4.64. The zero-order chi connectivity index (χ0) is 24.3. The summed E-state index contributed by atoms with van der Waals surface area (Å²) in [6, 6.07) is 14.9. The fourth-order valence-electron chi connectivity index (χ4n) is 4.64. The van der Waals surface area contributed by atoms with Crippen molar-refractivity contribution in [3.63, 3.8) is 0 Å². The monoisotopic (exact) mass is 467 g/mol. The van der Waals surface area contributed by atoms with E-state index in [1.54, 1.807) is 11.0 Å². The molecule has 2 aliphatic rings. The Kier molecular flexibility index (Phi) is 6.74. The molecule has 34 heavy (non-hydrogen) atoms. The van der Waals surface area contributed by atoms with E-state index in [-0.39, 0.29) is 44.1 Å². The first-order valence-corrected chi connectivity index (χ1v) is 11.1. The van der Waals surface area contributed by atoms with Gasteiger partial charge in [0.05, 0.1) is 18.6 Å². The molecule has 1 unspecified atom stereocenters. The third kappa shape index (κ3) is 4.31. The van der Waals surface area contributed by atoms with Crippen LogP contribution in [0.4, 0.5) is 10.1 Å². The number of imide groups is 1. The van der Waals surface area contributed by atoms with Crippen LogP contribution in [-0.4, -0.2) is 73.3 Å². The summed E-state index contributed by atoms with van der Waals surface area (Å²) in [6.07, 6.45) is -0.721. The lowest BCUT2D eigenvalue weighted by atomic mass is 9.75. The summed E-state index contributed by atoms with van der Waals surface area (Å²) < 4.78 is 19.9. The number of carbonyl (C=O) groups is 4. The highest BCUT2D eigenvalue weighted by Gasteiger charge is 2.55. The molecule has 4 amide bonds. The van der Waals surface area contributed by atoms with Crippen LogP contribution in [0.5, 0.6) is 0 Å². The van der Waals surface area contributed by atoms with Crippen LogP contribution in [0.2, 0.25) is 0 Å². The minimum atomic E-state index is -1.66. The summed E-state index contributed by atoms with van der Waals surface area (Å²) in [5.41, 5.74) is -0.906. The number of hydrogen-bond acceptors (Lipinski definition) is 5. The van der Waals surface area contributed by atoms with Gasteiger partial charge in [0.15, 0.2) is 0 Å². The summed E-state index contributed by atoms with van der Waals surface area (Å²) in [6.45, 7) is 0.564. The van der Waals surface area contributed by atoms with Gasteiger partial charge < -0.3 is 14.5 Å². The second-order valence-electron chi connectivity index (χ2n) is 8.46. The Balaban J connectivity index is 1.58. The topological polar surface area (TPSA) is 87.2 Å². The smallest absolute Gasteiger partial charge is 0.246 e. The number of rotatable bonds is 7. The number of piperazine rings is 1. The third-order valence-corrected chi connectivity index (χ3v) is 6.41. The molecule has 1 atom stereocenters. The van der Waals surface area contributed by atoms with Gasteiger partial charge in [-0.3, -0.25) is 24.1 Å². The van der Waals surface area contributed by atoms with E-state index in [4.69, 9.17) is 4.74 Å². The maximum absolute atomic E-state index is 14.9. The highest BCUT2D eigenvalue weighted by atomic mass is 19.1. The number of ether oxygens (including phenoxy) is 1. The number of halogens is 1. The first-order valence-electron chi connectivity index (χ1n) is 11.1. The zero-order valence-corrected chi connectivity index (χ0v) is 18.9. The first-order chi connectivity index (χ1) is 16.4. The number of nitrogens with zero attached hydrogens (tertiary/aromatic N) is 3. The molecule has 4 rings (SSSR count). The normalized spacial score (nSPS) is 20.9. The molecule has 2 aromatic carbocycles. The number of benzene rings is 2. The Morgan fingerprint density at radius 3 is 2.38 bits per heavy atom. The van der Waals surface area contributed by atoms with Gasteiger partial charge in [-0.1, -0.05) is 36.4 Å². The van der Waals surface area contributed by atoms with Crippen LogP contribution in [0.1, 0.15) is 18.4 Å². The molecule has 2 aliphatic heterocycles. The van der Waals surface area contributed by atoms with Crippen molar-refractivity contribution in [2.24, 2.45) is 0 Å². The molecular formula is C25H26FN3O5. The molecule has 2 heterocycles. The lowest BCUT2D eigenvalue weighted by Gasteiger charge is -2.36. The molecule has 8 nitrogen and oxygen atoms in total. The Labute approximate surface area is 196 Å². The van der Waals surface area contributed by atoms with Gasteiger partial charge in [-0.25, -0.2) is 4.39 Å². The maximum atomic E-state index is 14.9. The fraction of sp³-hybridized carbons (Fsp3) is 0.360. The molecule has 0 spiro atoms. The van der Waals surface area contributed by atoms with E-state index in [2.05, 4.69) is 0 Å². The van der Waals surface area contributed by atoms with E-state index in [9.17, 15) is 23.6 Å². The predicted molar refractivity (Wildman–Crippen MR) is 121 cm³/mol. The zero-order valence-electron chi connectivity index (χ0n) is 18.9. The molecule has 0 aliphatic carbocycles. The highest BCUT2D eigenvalue weighted by molar-refractivity contribution is 6.11. The number of methoxy groups -OCH3 is 1. The number of amides is 4. The Bertz CT molecular complexity index is 1110. The molecule has 0 radical (unpaired) electrons. The number of carbonyl (C=O) groups excluding carboxylic acids is 4. The maximum Gasteiger partial charge on any atom is 0.246 e. The molecule has 0 saturated carbocycles. The van der Waals surface area contributed by atoms with Crippen LogP contribution in [0.15, 0.2) is 54.6 Å². The largest absolute Gasteiger partial charge is 0.383 e. The molecule has 0 aromatic heterocycles. The van der Waals surface area contributed by atoms with E-state index < -0.39 is 35.4 Å². The van der Waals surface area contributed by atoms with Crippen LogP contribution in [0.3, 0.4) is 0 Å². The van der Waals surface area contributed by atoms with E-state index in [1.165, 1.54) is 30.2 Å². The van der Waals surface area contributed by atoms with Crippen LogP contribution in [-0.2, 0) is 29.3 Å². The Hall–Kier alpha value is -3.59. The van der Waals surface area contributed by atoms with Gasteiger partial charge in [0.25, 0.3) is 0 Å². The molecule has 2 aromatic rings. The van der Waals surface area contributed by atoms with Gasteiger partial charge in [-0.05, 0) is 18.2 Å². The van der Waals surface area contributed by atoms with E-state index in [0.717, 1.165) is 10.6 Å². The average Bonchev–Trinajstić information content (AvgIpc) is 3.07. The van der Waals surface area contributed by atoms with E-state index in [1.807, 2.05) is 30.3 Å². The van der Waals surface area contributed by atoms with Crippen LogP contribution in [0.25, 0.3) is 0 Å². The van der Waals surface area contributed by atoms with Crippen molar-refractivity contribution in [2.45, 2.75) is 18.3 Å². The summed E-state index contributed by atoms with van der Waals surface area (Å²) in [7, 11) is 1.45. The lowest BCUT2D eigenvalue weighted by molar-refractivity contribution is -0.144. The number of anilines is 1. The minimum Gasteiger partial charge on any atom is -0.383 e. The van der Waals surface area contributed by atoms with Crippen molar-refractivity contribution in [1.29, 1.82) is 0 Å². The van der Waals surface area contributed by atoms with Crippen molar-refractivity contribution >= 4 is 29.3 Å². The average molecular weight is 467 g/mol. The minimum absolute atomic E-state index is 0.0101. The van der Waals surface area contributed by atoms with Crippen LogP contribution >= 0.6 is 0 Å². The molecule has 0 bridgehead atoms. The second kappa shape index (κ2) is 9.72. The molecular weight excluding hydrogens is 441 g/mol. The van der Waals surface area contributed by atoms with Gasteiger partial charge in [-0.15, -0.1) is 0 Å². The molecule has 2 fully saturated rings. The number of hydrogen-bond donors (Lipinski definition) is 0. The van der Waals surface area contributed by atoms with E-state index >= 15 is 0 Å². The van der Waals surface area contributed by atoms with Crippen molar-refractivity contribution in [3.05, 3.63) is 66.0 Å². The lowest BCUT2D eigenvalue weighted by Crippen LogP contribution is -2.54. The van der Waals surface area contributed by atoms with Gasteiger partial charge >= 0.3 is 0 Å². The quantitative estimate of drug-likeness (QED) is 0.579. The SMILES string of the molecule is COCCN1C(=O)CC(CC(=O)N2CCN(c3ccccc3)C(=O)C2)(c2ccccc2F)C1=O. The number of likely N-dealkylation sites (tertiary alicyclic amines) is 1. The van der Waals surface area contributed by atoms with Crippen molar-refractivity contribution < 1.29 is 28.3 Å². The predicted octanol–water partition coefficient (Wildman–Crippen LogP) is 1.73. The highest BCUT2D eigenvalue weighted by Crippen LogP contribution is 2.41. The van der Waals surface area contributed by atoms with Gasteiger partial charge in [0.1, 0.15) is 12.4 Å². The summed E-state index contributed by atoms with van der Waals surface area (Å²) in [5, 5.41) is 0. The van der Waals surface area contributed by atoms with E-state index in [0.29, 0.717) is 6.54 Å². The van der Waals surface area contributed by atoms with Crippen molar-refractivity contribution in [2.75, 3.05) is 44.8 Å². The Morgan fingerprint density at radius 1 is 1.00 bits per heavy atom. The number of para-hydroxylation sites is 1. The van der Waals surface area contributed by atoms with Gasteiger partial charge in [0, 0.05) is 44.3 Å². The van der Waals surface area contributed by atoms with Crippen LogP contribution < -0.4 is 4.90 Å².